The Bertz CT molecular complexity index is 657. The Morgan fingerprint density at radius 2 is 1.71 bits per heavy atom. The predicted octanol–water partition coefficient (Wildman–Crippen LogP) is 5.95. The highest BCUT2D eigenvalue weighted by atomic mass is 79.9. The van der Waals surface area contributed by atoms with Crippen molar-refractivity contribution in [3.63, 3.8) is 0 Å². The number of aromatic hydroxyl groups is 1. The first-order valence-electron chi connectivity index (χ1n) is 5.86. The number of nitrogens with one attached hydrogen (secondary N) is 1. The highest BCUT2D eigenvalue weighted by Gasteiger charge is 2.10. The Morgan fingerprint density at radius 1 is 1.10 bits per heavy atom. The second-order valence-electron chi connectivity index (χ2n) is 4.23. The van der Waals surface area contributed by atoms with E-state index in [0.29, 0.717) is 26.3 Å². The Labute approximate surface area is 153 Å². The number of methoxy groups -OCH3 is 1. The van der Waals surface area contributed by atoms with E-state index in [-0.39, 0.29) is 5.75 Å². The first kappa shape index (κ1) is 16.9. The molecular formula is C14H11Br3ClNO2. The van der Waals surface area contributed by atoms with Gasteiger partial charge in [0.2, 0.25) is 0 Å². The van der Waals surface area contributed by atoms with Crippen LogP contribution in [0.1, 0.15) is 5.56 Å². The number of anilines is 1. The summed E-state index contributed by atoms with van der Waals surface area (Å²) >= 11 is 16.1. The van der Waals surface area contributed by atoms with Crippen LogP contribution in [0.4, 0.5) is 5.69 Å². The largest absolute Gasteiger partial charge is 0.506 e. The van der Waals surface area contributed by atoms with Crippen LogP contribution in [0.2, 0.25) is 5.02 Å². The summed E-state index contributed by atoms with van der Waals surface area (Å²) in [7, 11) is 1.60. The van der Waals surface area contributed by atoms with E-state index in [1.54, 1.807) is 19.2 Å². The molecule has 0 bridgehead atoms. The van der Waals surface area contributed by atoms with Gasteiger partial charge >= 0.3 is 0 Å². The molecule has 0 atom stereocenters. The van der Waals surface area contributed by atoms with Crippen LogP contribution in [0.3, 0.4) is 0 Å². The lowest BCUT2D eigenvalue weighted by atomic mass is 10.2. The summed E-state index contributed by atoms with van der Waals surface area (Å²) < 4.78 is 7.41. The molecule has 0 saturated carbocycles. The van der Waals surface area contributed by atoms with Gasteiger partial charge in [0.1, 0.15) is 5.75 Å². The molecule has 0 aliphatic rings. The maximum Gasteiger partial charge on any atom is 0.156 e. The van der Waals surface area contributed by atoms with Gasteiger partial charge in [-0.05, 0) is 77.6 Å². The van der Waals surface area contributed by atoms with Gasteiger partial charge in [-0.1, -0.05) is 11.6 Å². The Morgan fingerprint density at radius 3 is 2.29 bits per heavy atom. The average molecular weight is 500 g/mol. The zero-order valence-electron chi connectivity index (χ0n) is 10.9. The van der Waals surface area contributed by atoms with Crippen molar-refractivity contribution in [1.82, 2.24) is 0 Å². The summed E-state index contributed by atoms with van der Waals surface area (Å²) in [5, 5.41) is 13.6. The van der Waals surface area contributed by atoms with E-state index in [1.807, 2.05) is 12.1 Å². The van der Waals surface area contributed by atoms with Crippen LogP contribution < -0.4 is 10.1 Å². The van der Waals surface area contributed by atoms with Crippen molar-refractivity contribution in [1.29, 1.82) is 0 Å². The van der Waals surface area contributed by atoms with E-state index in [0.717, 1.165) is 15.7 Å². The number of phenols is 1. The number of hydrogen-bond acceptors (Lipinski definition) is 3. The standard InChI is InChI=1S/C14H11Br3ClNO2/c1-21-14-11(17)4-8(18)5-12(14)19-6-7-2-9(15)13(20)10(16)3-7/h2-5,19-20H,6H2,1H3. The summed E-state index contributed by atoms with van der Waals surface area (Å²) in [6.07, 6.45) is 0. The SMILES string of the molecule is COc1c(Br)cc(Cl)cc1NCc1cc(Br)c(O)c(Br)c1. The molecule has 0 radical (unpaired) electrons. The smallest absolute Gasteiger partial charge is 0.156 e. The fourth-order valence-corrected chi connectivity index (χ4v) is 4.07. The first-order chi connectivity index (χ1) is 9.92. The van der Waals surface area contributed by atoms with Crippen molar-refractivity contribution in [2.75, 3.05) is 12.4 Å². The zero-order chi connectivity index (χ0) is 15.6. The van der Waals surface area contributed by atoms with E-state index in [9.17, 15) is 5.11 Å². The molecule has 21 heavy (non-hydrogen) atoms. The Balaban J connectivity index is 2.24. The number of benzene rings is 2. The maximum absolute atomic E-state index is 9.71. The normalized spacial score (nSPS) is 10.5. The molecule has 2 rings (SSSR count). The minimum absolute atomic E-state index is 0.182. The third-order valence-corrected chi connectivity index (χ3v) is 4.79. The predicted molar refractivity (Wildman–Crippen MR) is 96.5 cm³/mol. The molecular weight excluding hydrogens is 489 g/mol. The lowest BCUT2D eigenvalue weighted by molar-refractivity contribution is 0.414. The van der Waals surface area contributed by atoms with Gasteiger partial charge in [-0.2, -0.15) is 0 Å². The molecule has 112 valence electrons. The first-order valence-corrected chi connectivity index (χ1v) is 8.62. The van der Waals surface area contributed by atoms with E-state index in [2.05, 4.69) is 53.1 Å². The molecule has 0 amide bonds. The van der Waals surface area contributed by atoms with Gasteiger partial charge < -0.3 is 15.2 Å². The molecule has 0 aromatic heterocycles. The highest BCUT2D eigenvalue weighted by molar-refractivity contribution is 9.11. The molecule has 2 aromatic carbocycles. The van der Waals surface area contributed by atoms with E-state index >= 15 is 0 Å². The second-order valence-corrected chi connectivity index (χ2v) is 7.23. The summed E-state index contributed by atoms with van der Waals surface area (Å²) in [5.41, 5.74) is 1.78. The van der Waals surface area contributed by atoms with Gasteiger partial charge in [-0.15, -0.1) is 0 Å². The van der Waals surface area contributed by atoms with Gasteiger partial charge in [0.25, 0.3) is 0 Å². The number of ether oxygens (including phenoxy) is 1. The topological polar surface area (TPSA) is 41.5 Å². The minimum Gasteiger partial charge on any atom is -0.506 e. The van der Waals surface area contributed by atoms with Crippen molar-refractivity contribution < 1.29 is 9.84 Å². The van der Waals surface area contributed by atoms with Gasteiger partial charge in [0.15, 0.2) is 5.75 Å². The number of phenolic OH excluding ortho intramolecular Hbond substituents is 1. The van der Waals surface area contributed by atoms with Gasteiger partial charge in [0.05, 0.1) is 26.2 Å². The lowest BCUT2D eigenvalue weighted by Gasteiger charge is -2.14. The van der Waals surface area contributed by atoms with Crippen LogP contribution >= 0.6 is 59.4 Å². The van der Waals surface area contributed by atoms with Crippen LogP contribution in [-0.4, -0.2) is 12.2 Å². The zero-order valence-corrected chi connectivity index (χ0v) is 16.4. The van der Waals surface area contributed by atoms with Crippen LogP contribution in [0.15, 0.2) is 37.7 Å². The third kappa shape index (κ3) is 4.06. The van der Waals surface area contributed by atoms with E-state index < -0.39 is 0 Å². The van der Waals surface area contributed by atoms with Crippen molar-refractivity contribution in [3.8, 4) is 11.5 Å². The molecule has 0 spiro atoms. The summed E-state index contributed by atoms with van der Waals surface area (Å²) in [6, 6.07) is 7.27. The molecule has 2 aromatic rings. The molecule has 0 fully saturated rings. The van der Waals surface area contributed by atoms with E-state index in [4.69, 9.17) is 16.3 Å². The molecule has 7 heteroatoms. The van der Waals surface area contributed by atoms with Crippen molar-refractivity contribution in [2.45, 2.75) is 6.54 Å². The van der Waals surface area contributed by atoms with Crippen LogP contribution in [0.5, 0.6) is 11.5 Å². The van der Waals surface area contributed by atoms with Crippen LogP contribution in [0.25, 0.3) is 0 Å². The third-order valence-electron chi connectivity index (χ3n) is 2.77. The van der Waals surface area contributed by atoms with Gasteiger partial charge in [-0.25, -0.2) is 0 Å². The Hall–Kier alpha value is -0.430. The highest BCUT2D eigenvalue weighted by Crippen LogP contribution is 2.37. The molecule has 0 aliphatic carbocycles. The molecule has 0 saturated heterocycles. The summed E-state index contributed by atoms with van der Waals surface area (Å²) in [6.45, 7) is 0.556. The monoisotopic (exact) mass is 497 g/mol. The fourth-order valence-electron chi connectivity index (χ4n) is 1.82. The Kier molecular flexibility index (Phi) is 5.82. The van der Waals surface area contributed by atoms with Crippen molar-refractivity contribution >= 4 is 65.1 Å². The molecule has 3 nitrogen and oxygen atoms in total. The minimum atomic E-state index is 0.182. The van der Waals surface area contributed by atoms with Gasteiger partial charge in [0, 0.05) is 11.6 Å². The summed E-state index contributed by atoms with van der Waals surface area (Å²) in [5.74, 6) is 0.873. The van der Waals surface area contributed by atoms with Crippen molar-refractivity contribution in [2.24, 2.45) is 0 Å². The molecule has 0 aliphatic heterocycles. The van der Waals surface area contributed by atoms with Crippen LogP contribution in [0, 0.1) is 0 Å². The lowest BCUT2D eigenvalue weighted by Crippen LogP contribution is -2.02. The summed E-state index contributed by atoms with van der Waals surface area (Å²) in [4.78, 5) is 0. The second kappa shape index (κ2) is 7.22. The number of hydrogen-bond donors (Lipinski definition) is 2. The maximum atomic E-state index is 9.71. The van der Waals surface area contributed by atoms with Crippen molar-refractivity contribution in [3.05, 3.63) is 48.3 Å². The number of halogens is 4. The molecule has 0 heterocycles. The molecule has 0 unspecified atom stereocenters. The molecule has 2 N–H and O–H groups in total. The number of rotatable bonds is 4. The van der Waals surface area contributed by atoms with Crippen LogP contribution in [-0.2, 0) is 6.54 Å². The quantitative estimate of drug-likeness (QED) is 0.545. The fraction of sp³-hybridized carbons (Fsp3) is 0.143. The van der Waals surface area contributed by atoms with E-state index in [1.165, 1.54) is 0 Å². The van der Waals surface area contributed by atoms with Gasteiger partial charge in [-0.3, -0.25) is 0 Å². The average Bonchev–Trinajstić information content (AvgIpc) is 2.41.